The van der Waals surface area contributed by atoms with Crippen LogP contribution in [-0.2, 0) is 6.18 Å². The molecule has 0 radical (unpaired) electrons. The summed E-state index contributed by atoms with van der Waals surface area (Å²) in [5.41, 5.74) is 15.9. The van der Waals surface area contributed by atoms with Crippen LogP contribution >= 0.6 is 0 Å². The minimum atomic E-state index is -4.52. The number of aryl methyl sites for hydroxylation is 1. The second-order valence-electron chi connectivity index (χ2n) is 21.9. The Morgan fingerprint density at radius 2 is 0.651 bits per heavy atom. The van der Waals surface area contributed by atoms with Crippen molar-refractivity contribution in [2.24, 2.45) is 0 Å². The Bertz CT molecular complexity index is 5020. The minimum absolute atomic E-state index is 0.485. The van der Waals surface area contributed by atoms with Crippen LogP contribution in [0.25, 0.3) is 150 Å². The van der Waals surface area contributed by atoms with Gasteiger partial charge in [-0.2, -0.15) is 13.2 Å². The molecular formula is C77H49F3N6. The normalized spacial score (nSPS) is 12.0. The fraction of sp³-hybridized carbons (Fsp3) is 0.0260. The van der Waals surface area contributed by atoms with Crippen molar-refractivity contribution in [3.8, 4) is 84.6 Å². The SMILES string of the molecule is Cc1cc(-c2ccc3c(c2)c2ccccc2n3-c2c(-c3ccccc3-n3c4ccccc4c4ccccc43)cc(-c3nc(-c4ccccc4)nc(-c4ccccc4)n3)cc2-c2ccccc2-n2c3ccccc3c3ccccc32)cc(C(F)(F)F)c1. The van der Waals surface area contributed by atoms with E-state index in [-0.39, 0.29) is 0 Å². The number of halogens is 3. The van der Waals surface area contributed by atoms with Gasteiger partial charge in [0.15, 0.2) is 17.5 Å². The van der Waals surface area contributed by atoms with Gasteiger partial charge in [0.25, 0.3) is 0 Å². The van der Waals surface area contributed by atoms with Crippen LogP contribution in [0.5, 0.6) is 0 Å². The van der Waals surface area contributed by atoms with Gasteiger partial charge in [-0.1, -0.05) is 200 Å². The van der Waals surface area contributed by atoms with Gasteiger partial charge in [-0.3, -0.25) is 0 Å². The molecule has 4 aromatic heterocycles. The smallest absolute Gasteiger partial charge is 0.309 e. The summed E-state index contributed by atoms with van der Waals surface area (Å²) in [6.45, 7) is 1.71. The van der Waals surface area contributed by atoms with E-state index in [1.54, 1.807) is 6.92 Å². The lowest BCUT2D eigenvalue weighted by molar-refractivity contribution is -0.137. The summed E-state index contributed by atoms with van der Waals surface area (Å²) in [5.74, 6) is 1.55. The molecule has 0 aliphatic carbocycles. The maximum atomic E-state index is 14.5. The van der Waals surface area contributed by atoms with Gasteiger partial charge in [-0.15, -0.1) is 0 Å². The lowest BCUT2D eigenvalue weighted by atomic mass is 9.90. The Morgan fingerprint density at radius 3 is 1.10 bits per heavy atom. The third-order valence-corrected chi connectivity index (χ3v) is 16.7. The minimum Gasteiger partial charge on any atom is -0.309 e. The van der Waals surface area contributed by atoms with Crippen molar-refractivity contribution in [1.29, 1.82) is 0 Å². The molecular weight excluding hydrogens is 1070 g/mol. The third-order valence-electron chi connectivity index (χ3n) is 16.7. The van der Waals surface area contributed by atoms with Crippen LogP contribution in [-0.4, -0.2) is 28.7 Å². The molecule has 0 unspecified atom stereocenters. The van der Waals surface area contributed by atoms with Gasteiger partial charge in [0, 0.05) is 71.3 Å². The molecule has 0 aliphatic rings. The van der Waals surface area contributed by atoms with Crippen molar-refractivity contribution < 1.29 is 13.2 Å². The summed E-state index contributed by atoms with van der Waals surface area (Å²) in [5, 5.41) is 6.36. The van der Waals surface area contributed by atoms with Crippen LogP contribution in [0.2, 0.25) is 0 Å². The van der Waals surface area contributed by atoms with Crippen molar-refractivity contribution >= 4 is 65.4 Å². The molecule has 16 rings (SSSR count). The Labute approximate surface area is 492 Å². The summed E-state index contributed by atoms with van der Waals surface area (Å²) < 4.78 is 50.7. The van der Waals surface area contributed by atoms with E-state index in [4.69, 9.17) is 15.0 Å². The van der Waals surface area contributed by atoms with E-state index < -0.39 is 11.7 Å². The Balaban J connectivity index is 1.08. The first kappa shape index (κ1) is 50.6. The molecule has 16 aromatic rings. The van der Waals surface area contributed by atoms with E-state index >= 15 is 0 Å². The van der Waals surface area contributed by atoms with E-state index in [2.05, 4.69) is 202 Å². The van der Waals surface area contributed by atoms with Crippen molar-refractivity contribution in [2.75, 3.05) is 0 Å². The number of hydrogen-bond acceptors (Lipinski definition) is 3. The molecule has 0 N–H and O–H groups in total. The maximum Gasteiger partial charge on any atom is 0.416 e. The van der Waals surface area contributed by atoms with E-state index in [0.29, 0.717) is 34.2 Å². The zero-order valence-electron chi connectivity index (χ0n) is 46.4. The lowest BCUT2D eigenvalue weighted by Crippen LogP contribution is -2.07. The van der Waals surface area contributed by atoms with Gasteiger partial charge in [-0.25, -0.2) is 15.0 Å². The molecule has 0 saturated carbocycles. The van der Waals surface area contributed by atoms with Crippen LogP contribution in [0.4, 0.5) is 13.2 Å². The van der Waals surface area contributed by atoms with Crippen molar-refractivity contribution in [1.82, 2.24) is 28.7 Å². The average Bonchev–Trinajstić information content (AvgIpc) is 1.56. The first-order chi connectivity index (χ1) is 42.2. The molecule has 9 heteroatoms. The first-order valence-electron chi connectivity index (χ1n) is 28.7. The summed E-state index contributed by atoms with van der Waals surface area (Å²) in [7, 11) is 0. The number of fused-ring (bicyclic) bond motifs is 9. The van der Waals surface area contributed by atoms with Gasteiger partial charge < -0.3 is 13.7 Å². The number of nitrogens with zero attached hydrogens (tertiary/aromatic N) is 6. The number of hydrogen-bond donors (Lipinski definition) is 0. The van der Waals surface area contributed by atoms with Crippen LogP contribution in [0, 0.1) is 6.92 Å². The van der Waals surface area contributed by atoms with Crippen molar-refractivity contribution in [2.45, 2.75) is 13.1 Å². The van der Waals surface area contributed by atoms with Gasteiger partial charge in [0.1, 0.15) is 0 Å². The summed E-state index contributed by atoms with van der Waals surface area (Å²) >= 11 is 0. The molecule has 408 valence electrons. The monoisotopic (exact) mass is 1110 g/mol. The quantitative estimate of drug-likeness (QED) is 0.145. The van der Waals surface area contributed by atoms with E-state index in [1.807, 2.05) is 78.9 Å². The van der Waals surface area contributed by atoms with Crippen LogP contribution in [0.3, 0.4) is 0 Å². The Kier molecular flexibility index (Phi) is 11.8. The molecule has 4 heterocycles. The highest BCUT2D eigenvalue weighted by Gasteiger charge is 2.32. The molecule has 6 nitrogen and oxygen atoms in total. The molecule has 0 aliphatic heterocycles. The second-order valence-corrected chi connectivity index (χ2v) is 21.9. The number of alkyl halides is 3. The van der Waals surface area contributed by atoms with E-state index in [0.717, 1.165) is 121 Å². The standard InChI is InChI=1S/C77H49F3N6/c1-48-42-52(44-54(43-48)77(78,79)80)51-40-41-72-62(45-51)59-30-12-21-39-71(59)86(72)73-63(60-31-13-19-37-69(60)84-65-33-15-8-26-55(65)56-27-9-16-34-66(56)84)46-53(76-82-74(49-22-4-2-5-23-49)81-75(83-76)50-24-6-3-7-25-50)47-64(73)61-32-14-20-38-70(61)85-67-35-17-10-28-57(67)58-29-11-18-36-68(58)85/h2-47H,1H3. The predicted octanol–water partition coefficient (Wildman–Crippen LogP) is 20.5. The zero-order chi connectivity index (χ0) is 57.6. The Hall–Kier alpha value is -11.2. The zero-order valence-corrected chi connectivity index (χ0v) is 46.4. The van der Waals surface area contributed by atoms with Gasteiger partial charge >= 0.3 is 6.18 Å². The number of para-hydroxylation sites is 7. The molecule has 0 fully saturated rings. The largest absolute Gasteiger partial charge is 0.416 e. The van der Waals surface area contributed by atoms with E-state index in [1.165, 1.54) is 12.1 Å². The number of aromatic nitrogens is 6. The third kappa shape index (κ3) is 8.30. The fourth-order valence-corrected chi connectivity index (χ4v) is 13.0. The highest BCUT2D eigenvalue weighted by molar-refractivity contribution is 6.14. The predicted molar refractivity (Wildman–Crippen MR) is 345 cm³/mol. The van der Waals surface area contributed by atoms with Crippen LogP contribution in [0.1, 0.15) is 11.1 Å². The van der Waals surface area contributed by atoms with Gasteiger partial charge in [0.05, 0.1) is 55.7 Å². The molecule has 0 saturated heterocycles. The Morgan fingerprint density at radius 1 is 0.279 bits per heavy atom. The molecule has 0 spiro atoms. The van der Waals surface area contributed by atoms with Gasteiger partial charge in [-0.05, 0) is 102 Å². The number of rotatable bonds is 9. The highest BCUT2D eigenvalue weighted by atomic mass is 19.4. The molecule has 0 amide bonds. The summed E-state index contributed by atoms with van der Waals surface area (Å²) in [6.07, 6.45) is -4.52. The summed E-state index contributed by atoms with van der Waals surface area (Å²) in [6, 6.07) is 94.8. The van der Waals surface area contributed by atoms with E-state index in [9.17, 15) is 13.2 Å². The number of benzene rings is 12. The topological polar surface area (TPSA) is 53.5 Å². The second kappa shape index (κ2) is 20.0. The van der Waals surface area contributed by atoms with Gasteiger partial charge in [0.2, 0.25) is 0 Å². The lowest BCUT2D eigenvalue weighted by Gasteiger charge is -2.24. The molecule has 86 heavy (non-hydrogen) atoms. The van der Waals surface area contributed by atoms with Crippen LogP contribution < -0.4 is 0 Å². The van der Waals surface area contributed by atoms with Crippen molar-refractivity contribution in [3.63, 3.8) is 0 Å². The maximum absolute atomic E-state index is 14.5. The highest BCUT2D eigenvalue weighted by Crippen LogP contribution is 2.49. The fourth-order valence-electron chi connectivity index (χ4n) is 13.0. The molecule has 0 bridgehead atoms. The summed E-state index contributed by atoms with van der Waals surface area (Å²) in [4.78, 5) is 16.0. The van der Waals surface area contributed by atoms with Crippen LogP contribution in [0.15, 0.2) is 279 Å². The molecule has 0 atom stereocenters. The first-order valence-corrected chi connectivity index (χ1v) is 28.7. The average molecular weight is 1120 g/mol. The van der Waals surface area contributed by atoms with Crippen molar-refractivity contribution in [3.05, 3.63) is 290 Å². The molecule has 12 aromatic carbocycles.